The van der Waals surface area contributed by atoms with Gasteiger partial charge in [0.2, 0.25) is 5.91 Å². The first kappa shape index (κ1) is 16.4. The minimum absolute atomic E-state index is 0.00951. The average molecular weight is 278 g/mol. The van der Waals surface area contributed by atoms with Gasteiger partial charge in [-0.25, -0.2) is 4.98 Å². The smallest absolute Gasteiger partial charge is 0.239 e. The molecule has 0 atom stereocenters. The molecule has 0 saturated heterocycles. The Hall–Kier alpha value is -1.62. The van der Waals surface area contributed by atoms with Crippen molar-refractivity contribution in [2.75, 3.05) is 25.0 Å². The quantitative estimate of drug-likeness (QED) is 0.829. The van der Waals surface area contributed by atoms with Crippen molar-refractivity contribution in [2.45, 2.75) is 39.8 Å². The highest BCUT2D eigenvalue weighted by atomic mass is 16.2. The van der Waals surface area contributed by atoms with Crippen molar-refractivity contribution in [2.24, 2.45) is 0 Å². The molecule has 0 saturated carbocycles. The van der Waals surface area contributed by atoms with Gasteiger partial charge in [-0.05, 0) is 39.3 Å². The molecule has 5 nitrogen and oxygen atoms in total. The Kier molecular flexibility index (Phi) is 5.95. The monoisotopic (exact) mass is 278 g/mol. The van der Waals surface area contributed by atoms with Crippen LogP contribution in [0.1, 0.15) is 33.3 Å². The van der Waals surface area contributed by atoms with Gasteiger partial charge in [0, 0.05) is 31.9 Å². The fourth-order valence-electron chi connectivity index (χ4n) is 1.66. The van der Waals surface area contributed by atoms with Crippen LogP contribution >= 0.6 is 0 Å². The number of carbonyl (C=O) groups excluding carboxylic acids is 1. The van der Waals surface area contributed by atoms with Crippen molar-refractivity contribution in [1.82, 2.24) is 15.6 Å². The van der Waals surface area contributed by atoms with Crippen molar-refractivity contribution in [1.29, 1.82) is 0 Å². The lowest BCUT2D eigenvalue weighted by Gasteiger charge is -2.21. The van der Waals surface area contributed by atoms with E-state index in [4.69, 9.17) is 0 Å². The summed E-state index contributed by atoms with van der Waals surface area (Å²) in [5.41, 5.74) is 1.23. The maximum absolute atomic E-state index is 11.5. The molecule has 1 heterocycles. The lowest BCUT2D eigenvalue weighted by molar-refractivity contribution is -0.119. The molecule has 0 aliphatic carbocycles. The Morgan fingerprint density at radius 2 is 2.05 bits per heavy atom. The Morgan fingerprint density at radius 3 is 2.55 bits per heavy atom. The second-order valence-electron chi connectivity index (χ2n) is 5.94. The molecule has 0 fully saturated rings. The van der Waals surface area contributed by atoms with Gasteiger partial charge in [-0.3, -0.25) is 4.79 Å². The van der Waals surface area contributed by atoms with E-state index >= 15 is 0 Å². The molecule has 1 aromatic rings. The highest BCUT2D eigenvalue weighted by molar-refractivity contribution is 5.80. The summed E-state index contributed by atoms with van der Waals surface area (Å²) in [6.07, 6.45) is 1.85. The van der Waals surface area contributed by atoms with Crippen LogP contribution in [0.3, 0.4) is 0 Å². The summed E-state index contributed by atoms with van der Waals surface area (Å²) in [7, 11) is 1.87. The zero-order valence-electron chi connectivity index (χ0n) is 13.2. The van der Waals surface area contributed by atoms with E-state index in [1.807, 2.05) is 37.2 Å². The maximum atomic E-state index is 11.5. The predicted octanol–water partition coefficient (Wildman–Crippen LogP) is 1.54. The Morgan fingerprint density at radius 1 is 1.35 bits per heavy atom. The van der Waals surface area contributed by atoms with Crippen LogP contribution in [0.2, 0.25) is 0 Å². The number of nitrogens with one attached hydrogen (secondary N) is 2. The fraction of sp³-hybridized carbons (Fsp3) is 0.600. The van der Waals surface area contributed by atoms with Gasteiger partial charge in [-0.2, -0.15) is 0 Å². The number of rotatable bonds is 6. The topological polar surface area (TPSA) is 57.3 Å². The minimum Gasteiger partial charge on any atom is -0.355 e. The van der Waals surface area contributed by atoms with E-state index in [1.165, 1.54) is 0 Å². The molecule has 0 radical (unpaired) electrons. The Bertz CT molecular complexity index is 422. The van der Waals surface area contributed by atoms with Crippen LogP contribution in [0, 0.1) is 0 Å². The number of carbonyl (C=O) groups is 1. The third kappa shape index (κ3) is 6.02. The van der Waals surface area contributed by atoms with E-state index in [0.717, 1.165) is 17.9 Å². The molecule has 0 aliphatic heterocycles. The van der Waals surface area contributed by atoms with Gasteiger partial charge in [-0.15, -0.1) is 0 Å². The minimum atomic E-state index is 0.00951. The average Bonchev–Trinajstić information content (AvgIpc) is 2.36. The third-order valence-corrected chi connectivity index (χ3v) is 2.78. The Balaban J connectivity index is 2.55. The number of hydrogen-bond acceptors (Lipinski definition) is 4. The summed E-state index contributed by atoms with van der Waals surface area (Å²) in [6, 6.07) is 3.98. The molecule has 0 spiro atoms. The summed E-state index contributed by atoms with van der Waals surface area (Å²) in [5, 5.41) is 6.19. The van der Waals surface area contributed by atoms with Crippen LogP contribution < -0.4 is 15.5 Å². The number of amides is 1. The van der Waals surface area contributed by atoms with Crippen molar-refractivity contribution in [3.63, 3.8) is 0 Å². The second-order valence-corrected chi connectivity index (χ2v) is 5.94. The Labute approximate surface area is 121 Å². The number of nitrogens with zero attached hydrogens (tertiary/aromatic N) is 2. The van der Waals surface area contributed by atoms with Gasteiger partial charge in [0.1, 0.15) is 5.82 Å². The first-order valence-corrected chi connectivity index (χ1v) is 6.99. The van der Waals surface area contributed by atoms with Crippen molar-refractivity contribution < 1.29 is 4.79 Å². The molecule has 1 rings (SSSR count). The lowest BCUT2D eigenvalue weighted by atomic mass is 10.1. The summed E-state index contributed by atoms with van der Waals surface area (Å²) in [4.78, 5) is 17.8. The number of pyridine rings is 1. The fourth-order valence-corrected chi connectivity index (χ4v) is 1.66. The highest BCUT2D eigenvalue weighted by Crippen LogP contribution is 2.10. The molecule has 112 valence electrons. The molecule has 5 heteroatoms. The molecule has 0 aliphatic rings. The molecule has 0 unspecified atom stereocenters. The van der Waals surface area contributed by atoms with Crippen molar-refractivity contribution in [3.05, 3.63) is 23.9 Å². The number of aromatic nitrogens is 1. The first-order chi connectivity index (χ1) is 9.31. The molecule has 2 N–H and O–H groups in total. The summed E-state index contributed by atoms with van der Waals surface area (Å²) < 4.78 is 0. The van der Waals surface area contributed by atoms with Crippen LogP contribution in [0.4, 0.5) is 5.82 Å². The largest absolute Gasteiger partial charge is 0.355 e. The molecule has 1 aromatic heterocycles. The maximum Gasteiger partial charge on any atom is 0.239 e. The van der Waals surface area contributed by atoms with E-state index in [2.05, 4.69) is 36.4 Å². The van der Waals surface area contributed by atoms with Crippen LogP contribution in [-0.2, 0) is 11.3 Å². The van der Waals surface area contributed by atoms with Crippen molar-refractivity contribution >= 4 is 11.7 Å². The number of anilines is 1. The molecular formula is C15H26N4O. The normalized spacial score (nSPS) is 11.2. The van der Waals surface area contributed by atoms with E-state index < -0.39 is 0 Å². The van der Waals surface area contributed by atoms with Crippen molar-refractivity contribution in [3.8, 4) is 0 Å². The zero-order valence-corrected chi connectivity index (χ0v) is 13.2. The van der Waals surface area contributed by atoms with Gasteiger partial charge >= 0.3 is 0 Å². The van der Waals surface area contributed by atoms with E-state index in [1.54, 1.807) is 0 Å². The molecular weight excluding hydrogens is 252 g/mol. The number of likely N-dealkylation sites (N-methyl/N-ethyl adjacent to an activating group) is 2. The van der Waals surface area contributed by atoms with Gasteiger partial charge in [0.15, 0.2) is 0 Å². The molecule has 20 heavy (non-hydrogen) atoms. The molecule has 1 amide bonds. The lowest BCUT2D eigenvalue weighted by Crippen LogP contribution is -2.35. The van der Waals surface area contributed by atoms with Gasteiger partial charge in [0.25, 0.3) is 0 Å². The van der Waals surface area contributed by atoms with E-state index in [0.29, 0.717) is 13.1 Å². The summed E-state index contributed by atoms with van der Waals surface area (Å²) in [5.74, 6) is 0.811. The van der Waals surface area contributed by atoms with Gasteiger partial charge < -0.3 is 15.5 Å². The predicted molar refractivity (Wildman–Crippen MR) is 82.8 cm³/mol. The van der Waals surface area contributed by atoms with Crippen LogP contribution in [0.5, 0.6) is 0 Å². The number of hydrogen-bond donors (Lipinski definition) is 2. The van der Waals surface area contributed by atoms with Gasteiger partial charge in [-0.1, -0.05) is 6.07 Å². The van der Waals surface area contributed by atoms with Crippen LogP contribution in [0.15, 0.2) is 18.3 Å². The SMILES string of the molecule is CCNC(=O)CN(C)c1ccc(CNC(C)(C)C)cn1. The molecule has 0 aromatic carbocycles. The highest BCUT2D eigenvalue weighted by Gasteiger charge is 2.10. The first-order valence-electron chi connectivity index (χ1n) is 6.99. The van der Waals surface area contributed by atoms with Crippen LogP contribution in [0.25, 0.3) is 0 Å². The second kappa shape index (κ2) is 7.24. The standard InChI is InChI=1S/C15H26N4O/c1-6-16-14(20)11-19(5)13-8-7-12(9-17-13)10-18-15(2,3)4/h7-9,18H,6,10-11H2,1-5H3,(H,16,20). The van der Waals surface area contributed by atoms with Gasteiger partial charge in [0.05, 0.1) is 6.54 Å². The van der Waals surface area contributed by atoms with E-state index in [-0.39, 0.29) is 11.4 Å². The summed E-state index contributed by atoms with van der Waals surface area (Å²) >= 11 is 0. The van der Waals surface area contributed by atoms with E-state index in [9.17, 15) is 4.79 Å². The molecule has 0 bridgehead atoms. The third-order valence-electron chi connectivity index (χ3n) is 2.78. The van der Waals surface area contributed by atoms with Crippen LogP contribution in [-0.4, -0.2) is 36.6 Å². The summed E-state index contributed by atoms with van der Waals surface area (Å²) in [6.45, 7) is 10.1. The zero-order chi connectivity index (χ0) is 15.2.